The van der Waals surface area contributed by atoms with Crippen LogP contribution in [0.5, 0.6) is 0 Å². The topological polar surface area (TPSA) is 15.3 Å². The van der Waals surface area contributed by atoms with E-state index in [4.69, 9.17) is 11.6 Å². The molecule has 4 aliphatic rings. The zero-order valence-electron chi connectivity index (χ0n) is 20.0. The molecule has 2 nitrogen and oxygen atoms in total. The number of hydrogen-bond acceptors (Lipinski definition) is 2. The number of nitrogens with zero attached hydrogens (tertiary/aromatic N) is 1. The minimum absolute atomic E-state index is 0.225. The number of halogens is 1. The molecule has 0 aromatic heterocycles. The fourth-order valence-electron chi connectivity index (χ4n) is 8.76. The lowest BCUT2D eigenvalue weighted by molar-refractivity contribution is 0.102. The number of rotatable bonds is 5. The average Bonchev–Trinajstić information content (AvgIpc) is 3.07. The number of alkyl halides is 1. The van der Waals surface area contributed by atoms with Crippen molar-refractivity contribution in [3.8, 4) is 0 Å². The molecule has 0 bridgehead atoms. The molecule has 1 aliphatic heterocycles. The third kappa shape index (κ3) is 4.56. The SMILES string of the molecule is CN1C2CCC(Cl)CC2C2C(CCNC(C)(C)CC(C)(C)C)C3CCCCC3C21. The molecule has 8 unspecified atom stereocenters. The molecule has 0 aromatic carbocycles. The van der Waals surface area contributed by atoms with Crippen LogP contribution in [0.25, 0.3) is 0 Å². The smallest absolute Gasteiger partial charge is 0.0340 e. The van der Waals surface area contributed by atoms with Crippen LogP contribution in [-0.4, -0.2) is 41.5 Å². The molecule has 0 amide bonds. The number of likely N-dealkylation sites (tertiary alicyclic amines) is 1. The Hall–Kier alpha value is 0.210. The van der Waals surface area contributed by atoms with E-state index in [0.717, 1.165) is 41.7 Å². The Balaban J connectivity index is 1.47. The predicted molar refractivity (Wildman–Crippen MR) is 126 cm³/mol. The van der Waals surface area contributed by atoms with Gasteiger partial charge in [-0.3, -0.25) is 4.90 Å². The fourth-order valence-corrected chi connectivity index (χ4v) is 9.09. The standard InChI is InChI=1S/C26H47ClN2/c1-25(2,3)16-26(4,5)28-14-13-19-18-9-7-8-10-20(18)24-23(19)21-15-17(27)11-12-22(21)29(24)6/h17-24,28H,7-16H2,1-6H3. The van der Waals surface area contributed by atoms with Gasteiger partial charge < -0.3 is 5.32 Å². The molecule has 29 heavy (non-hydrogen) atoms. The molecule has 0 aromatic rings. The summed E-state index contributed by atoms with van der Waals surface area (Å²) in [6, 6.07) is 1.67. The fraction of sp³-hybridized carbons (Fsp3) is 1.00. The van der Waals surface area contributed by atoms with Crippen molar-refractivity contribution in [3.05, 3.63) is 0 Å². The molecule has 0 radical (unpaired) electrons. The molecule has 3 aliphatic carbocycles. The van der Waals surface area contributed by atoms with Gasteiger partial charge in [0.2, 0.25) is 0 Å². The molecule has 0 spiro atoms. The van der Waals surface area contributed by atoms with Crippen LogP contribution < -0.4 is 5.32 Å². The monoisotopic (exact) mass is 422 g/mol. The summed E-state index contributed by atoms with van der Waals surface area (Å²) in [6.45, 7) is 13.1. The van der Waals surface area contributed by atoms with E-state index >= 15 is 0 Å². The van der Waals surface area contributed by atoms with Crippen molar-refractivity contribution >= 4 is 11.6 Å². The Morgan fingerprint density at radius 2 is 1.62 bits per heavy atom. The van der Waals surface area contributed by atoms with Gasteiger partial charge in [-0.25, -0.2) is 0 Å². The average molecular weight is 423 g/mol. The van der Waals surface area contributed by atoms with Crippen LogP contribution in [0.4, 0.5) is 0 Å². The first kappa shape index (κ1) is 22.4. The quantitative estimate of drug-likeness (QED) is 0.521. The highest BCUT2D eigenvalue weighted by Crippen LogP contribution is 2.60. The predicted octanol–water partition coefficient (Wildman–Crippen LogP) is 6.32. The molecule has 3 saturated carbocycles. The minimum atomic E-state index is 0.225. The molecular formula is C26H47ClN2. The van der Waals surface area contributed by atoms with Crippen molar-refractivity contribution in [1.29, 1.82) is 0 Å². The van der Waals surface area contributed by atoms with E-state index < -0.39 is 0 Å². The van der Waals surface area contributed by atoms with E-state index in [1.54, 1.807) is 0 Å². The van der Waals surface area contributed by atoms with E-state index in [9.17, 15) is 0 Å². The summed E-state index contributed by atoms with van der Waals surface area (Å²) in [5, 5.41) is 4.40. The van der Waals surface area contributed by atoms with Gasteiger partial charge in [0.05, 0.1) is 0 Å². The van der Waals surface area contributed by atoms with Crippen LogP contribution >= 0.6 is 11.6 Å². The van der Waals surface area contributed by atoms with Gasteiger partial charge in [-0.15, -0.1) is 11.6 Å². The third-order valence-electron chi connectivity index (χ3n) is 9.09. The molecule has 1 N–H and O–H groups in total. The van der Waals surface area contributed by atoms with E-state index in [0.29, 0.717) is 10.8 Å². The van der Waals surface area contributed by atoms with Crippen molar-refractivity contribution in [3.63, 3.8) is 0 Å². The van der Waals surface area contributed by atoms with Crippen molar-refractivity contribution in [1.82, 2.24) is 10.2 Å². The zero-order valence-corrected chi connectivity index (χ0v) is 20.8. The van der Waals surface area contributed by atoms with Crippen LogP contribution in [0.15, 0.2) is 0 Å². The number of nitrogens with one attached hydrogen (secondary N) is 1. The van der Waals surface area contributed by atoms with Gasteiger partial charge in [-0.1, -0.05) is 33.6 Å². The number of fused-ring (bicyclic) bond motifs is 5. The van der Waals surface area contributed by atoms with Crippen molar-refractivity contribution in [2.45, 2.75) is 115 Å². The highest BCUT2D eigenvalue weighted by molar-refractivity contribution is 6.20. The first-order valence-electron chi connectivity index (χ1n) is 12.7. The Morgan fingerprint density at radius 3 is 2.31 bits per heavy atom. The van der Waals surface area contributed by atoms with Crippen LogP contribution in [0.1, 0.15) is 92.4 Å². The highest BCUT2D eigenvalue weighted by Gasteiger charge is 2.61. The molecule has 1 heterocycles. The summed E-state index contributed by atoms with van der Waals surface area (Å²) >= 11 is 6.72. The largest absolute Gasteiger partial charge is 0.312 e. The van der Waals surface area contributed by atoms with Crippen molar-refractivity contribution < 1.29 is 0 Å². The Bertz CT molecular complexity index is 568. The lowest BCUT2D eigenvalue weighted by Crippen LogP contribution is -2.44. The van der Waals surface area contributed by atoms with Gasteiger partial charge in [-0.05, 0) is 107 Å². The second-order valence-corrected chi connectivity index (χ2v) is 13.6. The molecule has 168 valence electrons. The van der Waals surface area contributed by atoms with Gasteiger partial charge in [0.15, 0.2) is 0 Å². The summed E-state index contributed by atoms with van der Waals surface area (Å²) in [6.07, 6.45) is 12.4. The zero-order chi connectivity index (χ0) is 21.0. The van der Waals surface area contributed by atoms with Crippen LogP contribution in [0.3, 0.4) is 0 Å². The molecule has 4 fully saturated rings. The van der Waals surface area contributed by atoms with Crippen LogP contribution in [0, 0.1) is 35.0 Å². The van der Waals surface area contributed by atoms with Crippen molar-refractivity contribution in [2.24, 2.45) is 35.0 Å². The van der Waals surface area contributed by atoms with Crippen LogP contribution in [0.2, 0.25) is 0 Å². The lowest BCUT2D eigenvalue weighted by Gasteiger charge is -2.40. The van der Waals surface area contributed by atoms with E-state index in [-0.39, 0.29) is 5.54 Å². The summed E-state index contributed by atoms with van der Waals surface area (Å²) in [7, 11) is 2.47. The van der Waals surface area contributed by atoms with Gasteiger partial charge in [-0.2, -0.15) is 0 Å². The van der Waals surface area contributed by atoms with Gasteiger partial charge in [0.25, 0.3) is 0 Å². The first-order valence-corrected chi connectivity index (χ1v) is 13.1. The Labute approximate surface area is 185 Å². The summed E-state index contributed by atoms with van der Waals surface area (Å²) in [5.41, 5.74) is 0.603. The third-order valence-corrected chi connectivity index (χ3v) is 9.49. The molecule has 4 rings (SSSR count). The van der Waals surface area contributed by atoms with E-state index in [1.165, 1.54) is 64.3 Å². The minimum Gasteiger partial charge on any atom is -0.312 e. The van der Waals surface area contributed by atoms with Crippen LogP contribution in [-0.2, 0) is 0 Å². The second-order valence-electron chi connectivity index (χ2n) is 13.0. The summed E-state index contributed by atoms with van der Waals surface area (Å²) < 4.78 is 0. The lowest BCUT2D eigenvalue weighted by atomic mass is 9.71. The van der Waals surface area contributed by atoms with E-state index in [1.807, 2.05) is 0 Å². The molecule has 3 heteroatoms. The Kier molecular flexibility index (Phi) is 6.40. The highest BCUT2D eigenvalue weighted by atomic mass is 35.5. The maximum Gasteiger partial charge on any atom is 0.0340 e. The molecule has 8 atom stereocenters. The second kappa shape index (κ2) is 8.28. The van der Waals surface area contributed by atoms with Gasteiger partial charge >= 0.3 is 0 Å². The number of hydrogen-bond donors (Lipinski definition) is 1. The Morgan fingerprint density at radius 1 is 0.931 bits per heavy atom. The first-order chi connectivity index (χ1) is 13.6. The molecular weight excluding hydrogens is 376 g/mol. The van der Waals surface area contributed by atoms with E-state index in [2.05, 4.69) is 51.9 Å². The maximum atomic E-state index is 6.72. The van der Waals surface area contributed by atoms with Gasteiger partial charge in [0.1, 0.15) is 0 Å². The summed E-state index contributed by atoms with van der Waals surface area (Å²) in [5.74, 6) is 4.63. The summed E-state index contributed by atoms with van der Waals surface area (Å²) in [4.78, 5) is 2.86. The molecule has 1 saturated heterocycles. The normalized spacial score (nSPS) is 43.1. The maximum absolute atomic E-state index is 6.72. The van der Waals surface area contributed by atoms with Gasteiger partial charge in [0, 0.05) is 23.0 Å². The van der Waals surface area contributed by atoms with Crippen molar-refractivity contribution in [2.75, 3.05) is 13.6 Å².